The molecule has 2 N–H and O–H groups in total. The van der Waals surface area contributed by atoms with Gasteiger partial charge < -0.3 is 14.9 Å². The predicted molar refractivity (Wildman–Crippen MR) is 94.1 cm³/mol. The number of carboxylic acid groups (broad SMARTS) is 2. The first kappa shape index (κ1) is 18.3. The molecule has 0 spiro atoms. The number of rotatable bonds is 6. The lowest BCUT2D eigenvalue weighted by atomic mass is 10.3. The van der Waals surface area contributed by atoms with Crippen LogP contribution in [-0.4, -0.2) is 33.5 Å². The van der Waals surface area contributed by atoms with Crippen molar-refractivity contribution in [2.75, 3.05) is 10.9 Å². The SMILES string of the molecule is CCCOc1cc2c(cc1Br)N1SC1S2.O=C(O)CCC(=O)O. The van der Waals surface area contributed by atoms with Gasteiger partial charge in [0, 0.05) is 4.90 Å². The average molecular weight is 422 g/mol. The van der Waals surface area contributed by atoms with Gasteiger partial charge in [-0.15, -0.1) is 0 Å². The van der Waals surface area contributed by atoms with E-state index in [1.54, 1.807) is 0 Å². The minimum atomic E-state index is -1.08. The smallest absolute Gasteiger partial charge is 0.303 e. The molecule has 1 aromatic carbocycles. The Bertz CT molecular complexity index is 599. The van der Waals surface area contributed by atoms with Crippen molar-refractivity contribution in [3.05, 3.63) is 16.6 Å². The van der Waals surface area contributed by atoms with E-state index >= 15 is 0 Å². The third-order valence-corrected chi connectivity index (χ3v) is 5.95. The van der Waals surface area contributed by atoms with Gasteiger partial charge >= 0.3 is 11.9 Å². The number of hydrogen-bond donors (Lipinski definition) is 2. The van der Waals surface area contributed by atoms with Crippen LogP contribution in [0.4, 0.5) is 5.69 Å². The molecule has 0 amide bonds. The molecule has 23 heavy (non-hydrogen) atoms. The number of ether oxygens (including phenoxy) is 1. The largest absolute Gasteiger partial charge is 0.492 e. The molecule has 2 aliphatic rings. The zero-order valence-electron chi connectivity index (χ0n) is 12.3. The molecule has 3 rings (SSSR count). The van der Waals surface area contributed by atoms with E-state index in [1.807, 2.05) is 23.7 Å². The average Bonchev–Trinajstić information content (AvgIpc) is 3.17. The fourth-order valence-corrected chi connectivity index (χ4v) is 4.54. The Morgan fingerprint density at radius 2 is 1.96 bits per heavy atom. The van der Waals surface area contributed by atoms with Gasteiger partial charge in [0.05, 0.1) is 29.6 Å². The second-order valence-corrected chi connectivity index (χ2v) is 8.07. The molecule has 1 fully saturated rings. The number of carboxylic acids is 2. The zero-order valence-corrected chi connectivity index (χ0v) is 15.5. The maximum Gasteiger partial charge on any atom is 0.303 e. The summed E-state index contributed by atoms with van der Waals surface area (Å²) in [5.41, 5.74) is 1.32. The number of aliphatic carboxylic acids is 2. The number of benzene rings is 1. The van der Waals surface area contributed by atoms with Crippen molar-refractivity contribution in [3.63, 3.8) is 0 Å². The number of carbonyl (C=O) groups is 2. The topological polar surface area (TPSA) is 86.8 Å². The van der Waals surface area contributed by atoms with Crippen LogP contribution in [0.5, 0.6) is 5.75 Å². The first-order valence-corrected chi connectivity index (χ1v) is 9.46. The summed E-state index contributed by atoms with van der Waals surface area (Å²) in [6.07, 6.45) is 0.450. The van der Waals surface area contributed by atoms with Crippen molar-refractivity contribution in [1.29, 1.82) is 0 Å². The maximum absolute atomic E-state index is 9.64. The van der Waals surface area contributed by atoms with Crippen molar-refractivity contribution >= 4 is 57.3 Å². The van der Waals surface area contributed by atoms with Gasteiger partial charge in [0.15, 0.2) is 4.71 Å². The zero-order chi connectivity index (χ0) is 17.0. The van der Waals surface area contributed by atoms with Crippen LogP contribution < -0.4 is 9.04 Å². The van der Waals surface area contributed by atoms with E-state index in [0.29, 0.717) is 4.71 Å². The molecule has 2 heterocycles. The van der Waals surface area contributed by atoms with E-state index < -0.39 is 11.9 Å². The summed E-state index contributed by atoms with van der Waals surface area (Å²) in [6.45, 7) is 2.90. The quantitative estimate of drug-likeness (QED) is 0.525. The first-order chi connectivity index (χ1) is 10.9. The van der Waals surface area contributed by atoms with Crippen LogP contribution in [0.15, 0.2) is 21.5 Å². The lowest BCUT2D eigenvalue weighted by molar-refractivity contribution is -0.143. The summed E-state index contributed by atoms with van der Waals surface area (Å²) in [5, 5.41) is 15.8. The van der Waals surface area contributed by atoms with Gasteiger partial charge in [0.1, 0.15) is 5.75 Å². The number of nitrogens with zero attached hydrogens (tertiary/aromatic N) is 1. The standard InChI is InChI=1S/C10H10BrNOS2.C4H6O4/c1-2-3-13-8-5-9-7(4-6(8)11)12-10(14-9)15-12;5-3(6)1-2-4(7)8/h4-5,10H,2-3H2,1H3;1-2H2,(H,5,6)(H,7,8). The molecule has 2 aliphatic heterocycles. The minimum absolute atomic E-state index is 0.296. The number of thioether (sulfide) groups is 1. The van der Waals surface area contributed by atoms with Crippen LogP contribution in [0.2, 0.25) is 0 Å². The van der Waals surface area contributed by atoms with E-state index in [2.05, 4.69) is 39.3 Å². The van der Waals surface area contributed by atoms with Gasteiger partial charge in [-0.05, 0) is 46.4 Å². The highest BCUT2D eigenvalue weighted by Crippen LogP contribution is 2.63. The molecule has 126 valence electrons. The highest BCUT2D eigenvalue weighted by molar-refractivity contribution is 9.10. The van der Waals surface area contributed by atoms with Crippen molar-refractivity contribution in [2.45, 2.75) is 35.8 Å². The molecular formula is C14H16BrNO5S2. The lowest BCUT2D eigenvalue weighted by Gasteiger charge is -2.10. The Kier molecular flexibility index (Phi) is 6.49. The van der Waals surface area contributed by atoms with Crippen LogP contribution in [0, 0.1) is 0 Å². The highest BCUT2D eigenvalue weighted by atomic mass is 79.9. The molecule has 6 nitrogen and oxygen atoms in total. The number of anilines is 1. The summed E-state index contributed by atoms with van der Waals surface area (Å²) in [7, 11) is 0. The van der Waals surface area contributed by atoms with Gasteiger partial charge in [0.25, 0.3) is 0 Å². The van der Waals surface area contributed by atoms with E-state index in [0.717, 1.165) is 23.2 Å². The summed E-state index contributed by atoms with van der Waals surface area (Å²) in [5.74, 6) is -1.18. The number of hydrogen-bond acceptors (Lipinski definition) is 6. The molecule has 1 saturated heterocycles. The lowest BCUT2D eigenvalue weighted by Crippen LogP contribution is -2.00. The molecular weight excluding hydrogens is 406 g/mol. The van der Waals surface area contributed by atoms with Crippen molar-refractivity contribution < 1.29 is 24.5 Å². The Hall–Kier alpha value is -1.06. The van der Waals surface area contributed by atoms with Gasteiger partial charge in [-0.25, -0.2) is 0 Å². The molecule has 0 bridgehead atoms. The van der Waals surface area contributed by atoms with Crippen LogP contribution >= 0.6 is 39.6 Å². The molecule has 0 aliphatic carbocycles. The molecule has 0 aromatic heterocycles. The molecule has 0 saturated carbocycles. The predicted octanol–water partition coefficient (Wildman–Crippen LogP) is 4.03. The van der Waals surface area contributed by atoms with E-state index in [9.17, 15) is 9.59 Å². The van der Waals surface area contributed by atoms with Gasteiger partial charge in [-0.2, -0.15) is 0 Å². The molecule has 1 aromatic rings. The minimum Gasteiger partial charge on any atom is -0.492 e. The van der Waals surface area contributed by atoms with Gasteiger partial charge in [-0.1, -0.05) is 18.7 Å². The summed E-state index contributed by atoms with van der Waals surface area (Å²) in [4.78, 5) is 20.6. The maximum atomic E-state index is 9.64. The fourth-order valence-electron chi connectivity index (χ4n) is 1.75. The summed E-state index contributed by atoms with van der Waals surface area (Å²) >= 11 is 7.35. The monoisotopic (exact) mass is 421 g/mol. The normalized spacial score (nSPS) is 16.8. The Morgan fingerprint density at radius 3 is 2.52 bits per heavy atom. The van der Waals surface area contributed by atoms with Crippen LogP contribution in [0.3, 0.4) is 0 Å². The molecule has 9 heteroatoms. The van der Waals surface area contributed by atoms with Crippen LogP contribution in [0.1, 0.15) is 26.2 Å². The summed E-state index contributed by atoms with van der Waals surface area (Å²) < 4.78 is 9.68. The fraction of sp³-hybridized carbons (Fsp3) is 0.429. The van der Waals surface area contributed by atoms with Crippen molar-refractivity contribution in [1.82, 2.24) is 0 Å². The summed E-state index contributed by atoms with van der Waals surface area (Å²) in [6, 6.07) is 4.31. The van der Waals surface area contributed by atoms with Gasteiger partial charge in [0.2, 0.25) is 0 Å². The second kappa shape index (κ2) is 8.16. The number of halogens is 1. The van der Waals surface area contributed by atoms with Crippen LogP contribution in [0.25, 0.3) is 0 Å². The van der Waals surface area contributed by atoms with Crippen LogP contribution in [-0.2, 0) is 9.59 Å². The van der Waals surface area contributed by atoms with Crippen molar-refractivity contribution in [3.8, 4) is 5.75 Å². The molecule has 1 unspecified atom stereocenters. The van der Waals surface area contributed by atoms with E-state index in [-0.39, 0.29) is 12.8 Å². The first-order valence-electron chi connectivity index (χ1n) is 6.95. The second-order valence-electron chi connectivity index (χ2n) is 4.74. The highest BCUT2D eigenvalue weighted by Gasteiger charge is 2.45. The Morgan fingerprint density at radius 1 is 1.30 bits per heavy atom. The Labute approximate surface area is 150 Å². The van der Waals surface area contributed by atoms with E-state index in [1.165, 1.54) is 10.6 Å². The third-order valence-electron chi connectivity index (χ3n) is 2.84. The van der Waals surface area contributed by atoms with Gasteiger partial charge in [-0.3, -0.25) is 13.9 Å². The molecule has 0 radical (unpaired) electrons. The number of fused-ring (bicyclic) bond motifs is 3. The third kappa shape index (κ3) is 5.22. The van der Waals surface area contributed by atoms with Crippen molar-refractivity contribution in [2.24, 2.45) is 0 Å². The van der Waals surface area contributed by atoms with E-state index in [4.69, 9.17) is 14.9 Å². The molecule has 1 atom stereocenters. The Balaban J connectivity index is 0.000000207.